The van der Waals surface area contributed by atoms with Gasteiger partial charge in [-0.3, -0.25) is 0 Å². The maximum Gasteiger partial charge on any atom is 0.100 e. The first-order valence-corrected chi connectivity index (χ1v) is 11.2. The minimum Gasteiger partial charge on any atom is -0.396 e. The first kappa shape index (κ1) is 29.0. The molecule has 0 radical (unpaired) electrons. The van der Waals surface area contributed by atoms with E-state index in [2.05, 4.69) is 13.8 Å². The molecule has 166 valence electrons. The van der Waals surface area contributed by atoms with Crippen LogP contribution in [-0.4, -0.2) is 59.1 Å². The second-order valence-electron chi connectivity index (χ2n) is 7.61. The molecule has 0 rings (SSSR count). The third-order valence-electron chi connectivity index (χ3n) is 4.43. The quantitative estimate of drug-likeness (QED) is 0.247. The van der Waals surface area contributed by atoms with Crippen molar-refractivity contribution in [3.05, 3.63) is 0 Å². The van der Waals surface area contributed by atoms with Crippen molar-refractivity contribution >= 4 is 0 Å². The molecular formula is C22H48O5. The van der Waals surface area contributed by atoms with E-state index in [1.54, 1.807) is 0 Å². The Kier molecular flexibility index (Phi) is 27.7. The number of aliphatic hydroxyl groups is 4. The topological polar surface area (TPSA) is 90.2 Å². The summed E-state index contributed by atoms with van der Waals surface area (Å²) < 4.78 is 5.54. The van der Waals surface area contributed by atoms with Crippen LogP contribution in [0.25, 0.3) is 0 Å². The van der Waals surface area contributed by atoms with Gasteiger partial charge in [0.25, 0.3) is 0 Å². The summed E-state index contributed by atoms with van der Waals surface area (Å²) >= 11 is 0. The highest BCUT2D eigenvalue weighted by molar-refractivity contribution is 4.50. The van der Waals surface area contributed by atoms with Gasteiger partial charge in [-0.15, -0.1) is 0 Å². The molecule has 0 unspecified atom stereocenters. The van der Waals surface area contributed by atoms with E-state index in [1.165, 1.54) is 83.5 Å². The minimum atomic E-state index is -0.954. The second kappa shape index (κ2) is 25.8. The van der Waals surface area contributed by atoms with Gasteiger partial charge in [-0.05, 0) is 26.7 Å². The third kappa shape index (κ3) is 30.8. The Labute approximate surface area is 168 Å². The SMILES string of the molecule is CC(C)OCCCCCCCCCCCCCCCCO.OCC(O)CO. The summed E-state index contributed by atoms with van der Waals surface area (Å²) in [5.74, 6) is 0. The van der Waals surface area contributed by atoms with Gasteiger partial charge >= 0.3 is 0 Å². The molecule has 5 nitrogen and oxygen atoms in total. The normalized spacial score (nSPS) is 11.1. The summed E-state index contributed by atoms with van der Waals surface area (Å²) in [6.45, 7) is 4.79. The highest BCUT2D eigenvalue weighted by Crippen LogP contribution is 2.13. The molecule has 0 saturated carbocycles. The van der Waals surface area contributed by atoms with E-state index in [9.17, 15) is 0 Å². The molecule has 0 heterocycles. The summed E-state index contributed by atoms with van der Waals surface area (Å²) in [6.07, 6.45) is 18.1. The molecular weight excluding hydrogens is 344 g/mol. The van der Waals surface area contributed by atoms with Crippen LogP contribution in [0.1, 0.15) is 104 Å². The monoisotopic (exact) mass is 392 g/mol. The Balaban J connectivity index is 0. The number of aliphatic hydroxyl groups excluding tert-OH is 4. The summed E-state index contributed by atoms with van der Waals surface area (Å²) in [5.41, 5.74) is 0. The fraction of sp³-hybridized carbons (Fsp3) is 1.00. The number of unbranched alkanes of at least 4 members (excludes halogenated alkanes) is 13. The molecule has 27 heavy (non-hydrogen) atoms. The van der Waals surface area contributed by atoms with Crippen LogP contribution < -0.4 is 0 Å². The van der Waals surface area contributed by atoms with E-state index in [1.807, 2.05) is 0 Å². The number of hydrogen-bond acceptors (Lipinski definition) is 5. The molecule has 0 amide bonds. The van der Waals surface area contributed by atoms with Crippen LogP contribution in [0.3, 0.4) is 0 Å². The molecule has 0 aliphatic heterocycles. The van der Waals surface area contributed by atoms with Crippen LogP contribution in [-0.2, 0) is 4.74 Å². The Hall–Kier alpha value is -0.200. The van der Waals surface area contributed by atoms with Crippen molar-refractivity contribution in [3.63, 3.8) is 0 Å². The smallest absolute Gasteiger partial charge is 0.100 e. The van der Waals surface area contributed by atoms with Gasteiger partial charge in [0.05, 0.1) is 19.3 Å². The van der Waals surface area contributed by atoms with E-state index in [0.29, 0.717) is 12.7 Å². The van der Waals surface area contributed by atoms with Gasteiger partial charge < -0.3 is 25.2 Å². The van der Waals surface area contributed by atoms with Crippen LogP contribution in [0.4, 0.5) is 0 Å². The van der Waals surface area contributed by atoms with Gasteiger partial charge in [0.1, 0.15) is 6.10 Å². The largest absolute Gasteiger partial charge is 0.396 e. The molecule has 0 spiro atoms. The van der Waals surface area contributed by atoms with Crippen LogP contribution in [0, 0.1) is 0 Å². The van der Waals surface area contributed by atoms with Gasteiger partial charge in [0, 0.05) is 13.2 Å². The fourth-order valence-electron chi connectivity index (χ4n) is 2.71. The molecule has 0 aromatic heterocycles. The first-order valence-electron chi connectivity index (χ1n) is 11.2. The van der Waals surface area contributed by atoms with Gasteiger partial charge in [0.15, 0.2) is 0 Å². The standard InChI is InChI=1S/C19H40O2.C3H8O3/c1-19(2)21-18-16-14-12-10-8-6-4-3-5-7-9-11-13-15-17-20;4-1-3(6)2-5/h19-20H,3-18H2,1-2H3;3-6H,1-2H2. The molecule has 0 bridgehead atoms. The van der Waals surface area contributed by atoms with Crippen molar-refractivity contribution in [2.75, 3.05) is 26.4 Å². The molecule has 4 N–H and O–H groups in total. The van der Waals surface area contributed by atoms with E-state index in [4.69, 9.17) is 25.2 Å². The Morgan fingerprint density at radius 2 is 0.889 bits per heavy atom. The van der Waals surface area contributed by atoms with Crippen LogP contribution in [0.15, 0.2) is 0 Å². The molecule has 0 aromatic rings. The number of rotatable bonds is 19. The van der Waals surface area contributed by atoms with Gasteiger partial charge in [-0.2, -0.15) is 0 Å². The average Bonchev–Trinajstić information content (AvgIpc) is 2.67. The van der Waals surface area contributed by atoms with Gasteiger partial charge in [0.2, 0.25) is 0 Å². The molecule has 0 saturated heterocycles. The molecule has 5 heteroatoms. The lowest BCUT2D eigenvalue weighted by molar-refractivity contribution is 0.0450. The summed E-state index contributed by atoms with van der Waals surface area (Å²) in [6, 6.07) is 0. The zero-order valence-electron chi connectivity index (χ0n) is 18.1. The molecule has 0 aliphatic carbocycles. The lowest BCUT2D eigenvalue weighted by Gasteiger charge is -2.07. The van der Waals surface area contributed by atoms with E-state index in [0.717, 1.165) is 13.0 Å². The highest BCUT2D eigenvalue weighted by Gasteiger charge is 1.96. The minimum absolute atomic E-state index is 0.365. The van der Waals surface area contributed by atoms with Crippen molar-refractivity contribution < 1.29 is 25.2 Å². The van der Waals surface area contributed by atoms with Crippen LogP contribution in [0.2, 0.25) is 0 Å². The number of hydrogen-bond donors (Lipinski definition) is 4. The lowest BCUT2D eigenvalue weighted by atomic mass is 10.0. The zero-order valence-corrected chi connectivity index (χ0v) is 18.1. The Morgan fingerprint density at radius 1 is 0.556 bits per heavy atom. The second-order valence-corrected chi connectivity index (χ2v) is 7.61. The molecule has 0 atom stereocenters. The van der Waals surface area contributed by atoms with E-state index >= 15 is 0 Å². The Bertz CT molecular complexity index is 245. The fourth-order valence-corrected chi connectivity index (χ4v) is 2.71. The summed E-state index contributed by atoms with van der Waals surface area (Å²) in [7, 11) is 0. The maximum absolute atomic E-state index is 8.69. The van der Waals surface area contributed by atoms with E-state index < -0.39 is 6.10 Å². The lowest BCUT2D eigenvalue weighted by Crippen LogP contribution is -2.15. The van der Waals surface area contributed by atoms with Crippen LogP contribution >= 0.6 is 0 Å². The zero-order chi connectivity index (χ0) is 20.6. The molecule has 0 aromatic carbocycles. The molecule has 0 fully saturated rings. The van der Waals surface area contributed by atoms with Crippen molar-refractivity contribution in [2.45, 2.75) is 116 Å². The van der Waals surface area contributed by atoms with Crippen molar-refractivity contribution in [3.8, 4) is 0 Å². The predicted octanol–water partition coefficient (Wildman–Crippen LogP) is 4.20. The summed E-state index contributed by atoms with van der Waals surface area (Å²) in [4.78, 5) is 0. The van der Waals surface area contributed by atoms with Gasteiger partial charge in [-0.1, -0.05) is 77.0 Å². The summed E-state index contributed by atoms with van der Waals surface area (Å²) in [5, 5.41) is 32.7. The average molecular weight is 393 g/mol. The number of ether oxygens (including phenoxy) is 1. The predicted molar refractivity (Wildman–Crippen MR) is 113 cm³/mol. The van der Waals surface area contributed by atoms with Gasteiger partial charge in [-0.25, -0.2) is 0 Å². The molecule has 0 aliphatic rings. The van der Waals surface area contributed by atoms with Crippen molar-refractivity contribution in [2.24, 2.45) is 0 Å². The van der Waals surface area contributed by atoms with E-state index in [-0.39, 0.29) is 13.2 Å². The third-order valence-corrected chi connectivity index (χ3v) is 4.43. The first-order chi connectivity index (χ1) is 13.1. The van der Waals surface area contributed by atoms with Crippen molar-refractivity contribution in [1.29, 1.82) is 0 Å². The van der Waals surface area contributed by atoms with Crippen molar-refractivity contribution in [1.82, 2.24) is 0 Å². The van der Waals surface area contributed by atoms with Crippen LogP contribution in [0.5, 0.6) is 0 Å². The maximum atomic E-state index is 8.69. The highest BCUT2D eigenvalue weighted by atomic mass is 16.5. The Morgan fingerprint density at radius 3 is 1.15 bits per heavy atom.